The Labute approximate surface area is 85.2 Å². The summed E-state index contributed by atoms with van der Waals surface area (Å²) in [6.45, 7) is 7.51. The molecule has 0 radical (unpaired) electrons. The van der Waals surface area contributed by atoms with Gasteiger partial charge >= 0.3 is 18.1 Å². The summed E-state index contributed by atoms with van der Waals surface area (Å²) in [5, 5.41) is 0. The van der Waals surface area contributed by atoms with Crippen LogP contribution in [0.1, 0.15) is 20.3 Å². The molecule has 6 heteroatoms. The molecule has 0 aromatic rings. The van der Waals surface area contributed by atoms with E-state index < -0.39 is 12.2 Å². The van der Waals surface area contributed by atoms with Crippen LogP contribution in [0.5, 0.6) is 0 Å². The van der Waals surface area contributed by atoms with Crippen molar-refractivity contribution >= 4 is 5.97 Å². The summed E-state index contributed by atoms with van der Waals surface area (Å²) in [5.41, 5.74) is 0.462. The third-order valence-corrected chi connectivity index (χ3v) is 0.929. The standard InChI is InChI=1S/C7H12O2.C2F4/c1-4-5-9-7(8)6(2)3;3-1(4)2(5)6/h2,4-5H2,1,3H3;. The van der Waals surface area contributed by atoms with Gasteiger partial charge in [-0.05, 0) is 13.3 Å². The van der Waals surface area contributed by atoms with E-state index >= 15 is 0 Å². The molecular formula is C9H12F4O2. The summed E-state index contributed by atoms with van der Waals surface area (Å²) in [5.74, 6) is -0.295. The van der Waals surface area contributed by atoms with Crippen molar-refractivity contribution in [2.45, 2.75) is 20.3 Å². The van der Waals surface area contributed by atoms with Crippen LogP contribution in [0.3, 0.4) is 0 Å². The van der Waals surface area contributed by atoms with E-state index in [0.29, 0.717) is 12.2 Å². The van der Waals surface area contributed by atoms with Crippen LogP contribution >= 0.6 is 0 Å². The van der Waals surface area contributed by atoms with Crippen molar-refractivity contribution in [2.24, 2.45) is 0 Å². The molecule has 0 heterocycles. The minimum absolute atomic E-state index is 0.295. The van der Waals surface area contributed by atoms with Gasteiger partial charge in [0, 0.05) is 5.57 Å². The van der Waals surface area contributed by atoms with Crippen LogP contribution in [0, 0.1) is 0 Å². The molecule has 0 bridgehead atoms. The van der Waals surface area contributed by atoms with Gasteiger partial charge in [0.2, 0.25) is 0 Å². The topological polar surface area (TPSA) is 26.3 Å². The second-order valence-electron chi connectivity index (χ2n) is 2.44. The summed E-state index contributed by atoms with van der Waals surface area (Å²) in [6, 6.07) is 0. The summed E-state index contributed by atoms with van der Waals surface area (Å²) in [4.78, 5) is 10.6. The third-order valence-electron chi connectivity index (χ3n) is 0.929. The lowest BCUT2D eigenvalue weighted by Gasteiger charge is -1.99. The van der Waals surface area contributed by atoms with Crippen molar-refractivity contribution in [1.82, 2.24) is 0 Å². The van der Waals surface area contributed by atoms with Crippen LogP contribution in [0.15, 0.2) is 24.3 Å². The molecule has 2 nitrogen and oxygen atoms in total. The first kappa shape index (κ1) is 16.1. The highest BCUT2D eigenvalue weighted by molar-refractivity contribution is 5.86. The maximum atomic E-state index is 10.6. The number of carbonyl (C=O) groups is 1. The fourth-order valence-corrected chi connectivity index (χ4v) is 0.318. The number of rotatable bonds is 3. The van der Waals surface area contributed by atoms with E-state index in [9.17, 15) is 22.4 Å². The number of ether oxygens (including phenoxy) is 1. The Morgan fingerprint density at radius 1 is 1.20 bits per heavy atom. The van der Waals surface area contributed by atoms with Gasteiger partial charge in [0.1, 0.15) is 0 Å². The molecule has 15 heavy (non-hydrogen) atoms. The molecule has 0 aliphatic rings. The lowest BCUT2D eigenvalue weighted by atomic mass is 10.4. The molecule has 0 saturated carbocycles. The van der Waals surface area contributed by atoms with E-state index in [2.05, 4.69) is 6.58 Å². The lowest BCUT2D eigenvalue weighted by Crippen LogP contribution is -2.04. The molecule has 0 aliphatic heterocycles. The molecule has 0 aromatic carbocycles. The zero-order valence-corrected chi connectivity index (χ0v) is 8.45. The minimum Gasteiger partial charge on any atom is -0.462 e. The van der Waals surface area contributed by atoms with Crippen LogP contribution in [-0.4, -0.2) is 12.6 Å². The van der Waals surface area contributed by atoms with Gasteiger partial charge in [-0.25, -0.2) is 4.79 Å². The van der Waals surface area contributed by atoms with Gasteiger partial charge in [-0.15, -0.1) is 0 Å². The molecule has 0 aromatic heterocycles. The van der Waals surface area contributed by atoms with Crippen molar-refractivity contribution in [3.63, 3.8) is 0 Å². The molecule has 0 aliphatic carbocycles. The van der Waals surface area contributed by atoms with E-state index in [-0.39, 0.29) is 5.97 Å². The molecule has 0 saturated heterocycles. The first-order valence-electron chi connectivity index (χ1n) is 4.01. The van der Waals surface area contributed by atoms with E-state index in [1.54, 1.807) is 6.92 Å². The van der Waals surface area contributed by atoms with Crippen molar-refractivity contribution in [3.8, 4) is 0 Å². The Hall–Kier alpha value is -1.33. The maximum Gasteiger partial charge on any atom is 0.334 e. The highest BCUT2D eigenvalue weighted by atomic mass is 19.3. The summed E-state index contributed by atoms with van der Waals surface area (Å²) >= 11 is 0. The Bertz CT molecular complexity index is 230. The average Bonchev–Trinajstić information content (AvgIpc) is 2.14. The number of hydrogen-bond acceptors (Lipinski definition) is 2. The van der Waals surface area contributed by atoms with Gasteiger partial charge in [-0.1, -0.05) is 13.5 Å². The number of carbonyl (C=O) groups excluding carboxylic acids is 1. The fraction of sp³-hybridized carbons (Fsp3) is 0.444. The normalized spacial score (nSPS) is 8.40. The summed E-state index contributed by atoms with van der Waals surface area (Å²) in [6.07, 6.45) is -4.95. The molecule has 0 unspecified atom stereocenters. The van der Waals surface area contributed by atoms with Gasteiger partial charge in [-0.3, -0.25) is 0 Å². The second kappa shape index (κ2) is 9.23. The van der Waals surface area contributed by atoms with E-state index in [1.165, 1.54) is 0 Å². The van der Waals surface area contributed by atoms with Crippen LogP contribution in [0.25, 0.3) is 0 Å². The first-order chi connectivity index (χ1) is 6.82. The molecule has 0 atom stereocenters. The smallest absolute Gasteiger partial charge is 0.334 e. The minimum atomic E-state index is -2.91. The molecule has 88 valence electrons. The van der Waals surface area contributed by atoms with Gasteiger partial charge < -0.3 is 4.74 Å². The van der Waals surface area contributed by atoms with E-state index in [1.807, 2.05) is 6.92 Å². The van der Waals surface area contributed by atoms with Crippen LogP contribution in [-0.2, 0) is 9.53 Å². The van der Waals surface area contributed by atoms with Gasteiger partial charge in [0.05, 0.1) is 6.61 Å². The van der Waals surface area contributed by atoms with Crippen molar-refractivity contribution in [1.29, 1.82) is 0 Å². The zero-order valence-electron chi connectivity index (χ0n) is 8.45. The molecule has 0 amide bonds. The number of halogens is 4. The highest BCUT2D eigenvalue weighted by Gasteiger charge is 1.99. The van der Waals surface area contributed by atoms with Gasteiger partial charge in [0.15, 0.2) is 0 Å². The van der Waals surface area contributed by atoms with Crippen molar-refractivity contribution in [3.05, 3.63) is 24.3 Å². The Morgan fingerprint density at radius 3 is 1.80 bits per heavy atom. The van der Waals surface area contributed by atoms with E-state index in [4.69, 9.17) is 4.74 Å². The monoisotopic (exact) mass is 228 g/mol. The fourth-order valence-electron chi connectivity index (χ4n) is 0.318. The second-order valence-corrected chi connectivity index (χ2v) is 2.44. The predicted molar refractivity (Wildman–Crippen MR) is 47.5 cm³/mol. The quantitative estimate of drug-likeness (QED) is 0.419. The molecular weight excluding hydrogens is 216 g/mol. The summed E-state index contributed by atoms with van der Waals surface area (Å²) < 4.78 is 45.9. The van der Waals surface area contributed by atoms with Crippen LogP contribution < -0.4 is 0 Å². The predicted octanol–water partition coefficient (Wildman–Crippen LogP) is 3.51. The van der Waals surface area contributed by atoms with Gasteiger partial charge in [-0.2, -0.15) is 17.6 Å². The molecule has 0 fully saturated rings. The van der Waals surface area contributed by atoms with Crippen molar-refractivity contribution in [2.75, 3.05) is 6.61 Å². The maximum absolute atomic E-state index is 10.6. The Kier molecular flexibility index (Phi) is 9.92. The first-order valence-corrected chi connectivity index (χ1v) is 4.01. The lowest BCUT2D eigenvalue weighted by molar-refractivity contribution is -0.138. The van der Waals surface area contributed by atoms with Crippen molar-refractivity contribution < 1.29 is 27.1 Å². The SMILES string of the molecule is C=C(C)C(=O)OCCC.FC(F)=C(F)F. The van der Waals surface area contributed by atoms with E-state index in [0.717, 1.165) is 6.42 Å². The highest BCUT2D eigenvalue weighted by Crippen LogP contribution is 2.08. The Balaban J connectivity index is 0. The molecule has 0 N–H and O–H groups in total. The van der Waals surface area contributed by atoms with Crippen LogP contribution in [0.2, 0.25) is 0 Å². The van der Waals surface area contributed by atoms with Gasteiger partial charge in [0.25, 0.3) is 0 Å². The average molecular weight is 228 g/mol. The Morgan fingerprint density at radius 2 is 1.60 bits per heavy atom. The summed E-state index contributed by atoms with van der Waals surface area (Å²) in [7, 11) is 0. The molecule has 0 spiro atoms. The molecule has 0 rings (SSSR count). The number of hydrogen-bond donors (Lipinski definition) is 0. The zero-order chi connectivity index (χ0) is 12.4. The third kappa shape index (κ3) is 12.7. The van der Waals surface area contributed by atoms with Crippen LogP contribution in [0.4, 0.5) is 17.6 Å². The largest absolute Gasteiger partial charge is 0.462 e. The number of esters is 1.